The Bertz CT molecular complexity index is 289. The largest absolute Gasteiger partial charge is 0.449 e. The average Bonchev–Trinajstić information content (AvgIpc) is 2.56. The number of hydrogen-bond acceptors (Lipinski definition) is 4. The fourth-order valence-electron chi connectivity index (χ4n) is 1.90. The van der Waals surface area contributed by atoms with E-state index >= 15 is 0 Å². The maximum absolute atomic E-state index is 5.69. The minimum Gasteiger partial charge on any atom is -0.449 e. The van der Waals surface area contributed by atoms with Crippen LogP contribution in [0, 0.1) is 12.8 Å². The van der Waals surface area contributed by atoms with E-state index in [1.165, 1.54) is 0 Å². The van der Waals surface area contributed by atoms with Gasteiger partial charge in [-0.1, -0.05) is 0 Å². The molecule has 0 unspecified atom stereocenters. The third kappa shape index (κ3) is 2.33. The second-order valence-corrected chi connectivity index (χ2v) is 4.07. The number of hydrogen-bond donors (Lipinski definition) is 1. The van der Waals surface area contributed by atoms with Crippen LogP contribution in [0.2, 0.25) is 0 Å². The number of oxazole rings is 1. The zero-order valence-corrected chi connectivity index (χ0v) is 8.57. The van der Waals surface area contributed by atoms with Gasteiger partial charge in [-0.05, 0) is 25.7 Å². The van der Waals surface area contributed by atoms with Crippen molar-refractivity contribution in [1.29, 1.82) is 0 Å². The Morgan fingerprint density at radius 1 is 1.57 bits per heavy atom. The van der Waals surface area contributed by atoms with Crippen molar-refractivity contribution in [2.75, 3.05) is 13.1 Å². The van der Waals surface area contributed by atoms with E-state index in [2.05, 4.69) is 4.98 Å². The lowest BCUT2D eigenvalue weighted by Crippen LogP contribution is -2.39. The van der Waals surface area contributed by atoms with Crippen LogP contribution in [0.15, 0.2) is 10.7 Å². The molecule has 1 fully saturated rings. The first kappa shape index (κ1) is 9.68. The highest BCUT2D eigenvalue weighted by Gasteiger charge is 2.19. The van der Waals surface area contributed by atoms with E-state index in [0.717, 1.165) is 43.9 Å². The number of aryl methyl sites for hydroxylation is 1. The molecular weight excluding hydrogens is 178 g/mol. The molecule has 0 amide bonds. The van der Waals surface area contributed by atoms with Crippen molar-refractivity contribution < 1.29 is 4.42 Å². The molecule has 0 aromatic carbocycles. The maximum Gasteiger partial charge on any atom is 0.194 e. The van der Waals surface area contributed by atoms with Crippen molar-refractivity contribution in [1.82, 2.24) is 9.99 Å². The van der Waals surface area contributed by atoms with E-state index in [1.807, 2.05) is 11.9 Å². The zero-order chi connectivity index (χ0) is 9.97. The van der Waals surface area contributed by atoms with Crippen molar-refractivity contribution in [2.45, 2.75) is 26.2 Å². The highest BCUT2D eigenvalue weighted by atomic mass is 16.3. The number of nitrogens with two attached hydrogens (primary N) is 1. The maximum atomic E-state index is 5.69. The van der Waals surface area contributed by atoms with Crippen LogP contribution in [0.25, 0.3) is 0 Å². The summed E-state index contributed by atoms with van der Waals surface area (Å²) in [6.07, 6.45) is 4.98. The van der Waals surface area contributed by atoms with Gasteiger partial charge in [0, 0.05) is 19.5 Å². The Balaban J connectivity index is 1.86. The minimum atomic E-state index is 0.688. The Hall–Kier alpha value is -0.870. The summed E-state index contributed by atoms with van der Waals surface area (Å²) >= 11 is 0. The molecule has 2 heterocycles. The van der Waals surface area contributed by atoms with Gasteiger partial charge in [-0.3, -0.25) is 5.84 Å². The van der Waals surface area contributed by atoms with Crippen LogP contribution in [0.3, 0.4) is 0 Å². The van der Waals surface area contributed by atoms with Crippen LogP contribution in [-0.4, -0.2) is 23.1 Å². The van der Waals surface area contributed by atoms with E-state index in [-0.39, 0.29) is 0 Å². The summed E-state index contributed by atoms with van der Waals surface area (Å²) < 4.78 is 5.34. The highest BCUT2D eigenvalue weighted by molar-refractivity contribution is 4.94. The van der Waals surface area contributed by atoms with Gasteiger partial charge < -0.3 is 4.42 Å². The Labute approximate surface area is 84.1 Å². The number of rotatable bonds is 2. The number of nitrogens with zero attached hydrogens (tertiary/aromatic N) is 2. The molecule has 0 bridgehead atoms. The summed E-state index contributed by atoms with van der Waals surface area (Å²) in [4.78, 5) is 4.31. The predicted octanol–water partition coefficient (Wildman–Crippen LogP) is 1.11. The molecule has 1 aliphatic heterocycles. The lowest BCUT2D eigenvalue weighted by Gasteiger charge is -2.27. The van der Waals surface area contributed by atoms with Crippen LogP contribution in [0.4, 0.5) is 0 Å². The molecule has 1 aromatic heterocycles. The molecule has 78 valence electrons. The summed E-state index contributed by atoms with van der Waals surface area (Å²) in [7, 11) is 0. The van der Waals surface area contributed by atoms with Gasteiger partial charge in [-0.25, -0.2) is 9.99 Å². The van der Waals surface area contributed by atoms with Gasteiger partial charge in [-0.2, -0.15) is 0 Å². The Morgan fingerprint density at radius 2 is 2.29 bits per heavy atom. The third-order valence-corrected chi connectivity index (χ3v) is 2.78. The number of hydrazine groups is 1. The summed E-state index contributed by atoms with van der Waals surface area (Å²) in [5.41, 5.74) is 0.969. The Morgan fingerprint density at radius 3 is 2.86 bits per heavy atom. The molecule has 1 aromatic rings. The van der Waals surface area contributed by atoms with Gasteiger partial charge in [0.15, 0.2) is 5.89 Å². The molecule has 0 spiro atoms. The molecular formula is C10H17N3O. The van der Waals surface area contributed by atoms with E-state index in [1.54, 1.807) is 6.26 Å². The van der Waals surface area contributed by atoms with Crippen LogP contribution < -0.4 is 5.84 Å². The quantitative estimate of drug-likeness (QED) is 0.718. The normalized spacial score (nSPS) is 20.1. The highest BCUT2D eigenvalue weighted by Crippen LogP contribution is 2.19. The van der Waals surface area contributed by atoms with Crippen LogP contribution >= 0.6 is 0 Å². The van der Waals surface area contributed by atoms with Crippen molar-refractivity contribution in [3.8, 4) is 0 Å². The molecule has 14 heavy (non-hydrogen) atoms. The fraction of sp³-hybridized carbons (Fsp3) is 0.700. The van der Waals surface area contributed by atoms with Crippen molar-refractivity contribution in [3.05, 3.63) is 17.8 Å². The number of piperidine rings is 1. The van der Waals surface area contributed by atoms with Crippen molar-refractivity contribution >= 4 is 0 Å². The van der Waals surface area contributed by atoms with Crippen LogP contribution in [-0.2, 0) is 6.42 Å². The van der Waals surface area contributed by atoms with Crippen LogP contribution in [0.1, 0.15) is 24.4 Å². The summed E-state index contributed by atoms with van der Waals surface area (Å²) in [5.74, 6) is 7.25. The second kappa shape index (κ2) is 4.11. The molecule has 2 N–H and O–H groups in total. The molecule has 2 rings (SSSR count). The first-order chi connectivity index (χ1) is 6.74. The first-order valence-corrected chi connectivity index (χ1v) is 5.14. The summed E-state index contributed by atoms with van der Waals surface area (Å²) in [6, 6.07) is 0. The first-order valence-electron chi connectivity index (χ1n) is 5.14. The van der Waals surface area contributed by atoms with Crippen molar-refractivity contribution in [3.63, 3.8) is 0 Å². The van der Waals surface area contributed by atoms with Gasteiger partial charge in [0.2, 0.25) is 0 Å². The summed E-state index contributed by atoms with van der Waals surface area (Å²) in [5, 5.41) is 1.89. The molecule has 0 saturated carbocycles. The predicted molar refractivity (Wildman–Crippen MR) is 53.4 cm³/mol. The molecule has 4 heteroatoms. The van der Waals surface area contributed by atoms with E-state index in [9.17, 15) is 0 Å². The monoisotopic (exact) mass is 195 g/mol. The van der Waals surface area contributed by atoms with Gasteiger partial charge in [0.25, 0.3) is 0 Å². The van der Waals surface area contributed by atoms with E-state index < -0.39 is 0 Å². The third-order valence-electron chi connectivity index (χ3n) is 2.78. The smallest absolute Gasteiger partial charge is 0.194 e. The average molecular weight is 195 g/mol. The number of aromatic nitrogens is 1. The minimum absolute atomic E-state index is 0.688. The van der Waals surface area contributed by atoms with Crippen LogP contribution in [0.5, 0.6) is 0 Å². The molecule has 0 radical (unpaired) electrons. The van der Waals surface area contributed by atoms with Gasteiger partial charge in [-0.15, -0.1) is 0 Å². The molecule has 1 aliphatic rings. The molecule has 0 aliphatic carbocycles. The SMILES string of the molecule is Cc1coc(CC2CCN(N)CC2)n1. The van der Waals surface area contributed by atoms with Crippen molar-refractivity contribution in [2.24, 2.45) is 11.8 Å². The molecule has 1 saturated heterocycles. The molecule has 4 nitrogen and oxygen atoms in total. The van der Waals surface area contributed by atoms with Gasteiger partial charge in [0.1, 0.15) is 6.26 Å². The fourth-order valence-corrected chi connectivity index (χ4v) is 1.90. The van der Waals surface area contributed by atoms with E-state index in [0.29, 0.717) is 5.92 Å². The molecule has 0 atom stereocenters. The standard InChI is InChI=1S/C10H17N3O/c1-8-7-14-10(12-8)6-9-2-4-13(11)5-3-9/h7,9H,2-6,11H2,1H3. The lowest BCUT2D eigenvalue weighted by atomic mass is 9.94. The summed E-state index contributed by atoms with van der Waals surface area (Å²) in [6.45, 7) is 3.93. The zero-order valence-electron chi connectivity index (χ0n) is 8.57. The van der Waals surface area contributed by atoms with Gasteiger partial charge >= 0.3 is 0 Å². The van der Waals surface area contributed by atoms with E-state index in [4.69, 9.17) is 10.3 Å². The lowest BCUT2D eigenvalue weighted by molar-refractivity contribution is 0.182. The topological polar surface area (TPSA) is 55.3 Å². The van der Waals surface area contributed by atoms with Gasteiger partial charge in [0.05, 0.1) is 5.69 Å². The Kier molecular flexibility index (Phi) is 2.84. The second-order valence-electron chi connectivity index (χ2n) is 4.07.